The lowest BCUT2D eigenvalue weighted by Crippen LogP contribution is -2.47. The van der Waals surface area contributed by atoms with E-state index in [2.05, 4.69) is 21.2 Å². The zero-order valence-electron chi connectivity index (χ0n) is 19.2. The first kappa shape index (κ1) is 25.9. The number of rotatable bonds is 10. The van der Waals surface area contributed by atoms with Crippen LogP contribution in [0.5, 0.6) is 0 Å². The molecule has 10 heteroatoms. The number of amides is 3. The van der Waals surface area contributed by atoms with Crippen molar-refractivity contribution >= 4 is 43.7 Å². The fraction of sp³-hybridized carbons (Fsp3) is 0.375. The molecule has 3 rings (SSSR count). The van der Waals surface area contributed by atoms with Crippen LogP contribution in [0, 0.1) is 0 Å². The number of fused-ring (bicyclic) bond motifs is 1. The lowest BCUT2D eigenvalue weighted by atomic mass is 10.1. The first-order chi connectivity index (χ1) is 16.2. The van der Waals surface area contributed by atoms with E-state index in [0.29, 0.717) is 6.54 Å². The Morgan fingerprint density at radius 3 is 2.56 bits per heavy atom. The van der Waals surface area contributed by atoms with Crippen molar-refractivity contribution in [2.45, 2.75) is 50.6 Å². The van der Waals surface area contributed by atoms with Crippen LogP contribution in [0.3, 0.4) is 0 Å². The first-order valence-corrected chi connectivity index (χ1v) is 13.4. The van der Waals surface area contributed by atoms with Crippen LogP contribution in [-0.4, -0.2) is 54.5 Å². The molecule has 8 nitrogen and oxygen atoms in total. The Morgan fingerprint density at radius 1 is 1.15 bits per heavy atom. The summed E-state index contributed by atoms with van der Waals surface area (Å²) in [5, 5.41) is 2.82. The molecule has 0 saturated carbocycles. The maximum Gasteiger partial charge on any atom is 0.269 e. The van der Waals surface area contributed by atoms with E-state index in [4.69, 9.17) is 0 Å². The van der Waals surface area contributed by atoms with Gasteiger partial charge in [-0.05, 0) is 49.6 Å². The molecule has 0 unspecified atom stereocenters. The molecule has 0 spiro atoms. The summed E-state index contributed by atoms with van der Waals surface area (Å²) >= 11 is 3.42. The van der Waals surface area contributed by atoms with Crippen LogP contribution in [0.4, 0.5) is 0 Å². The number of hydrogen-bond acceptors (Lipinski definition) is 5. The lowest BCUT2D eigenvalue weighted by molar-refractivity contribution is -0.140. The van der Waals surface area contributed by atoms with E-state index >= 15 is 0 Å². The highest BCUT2D eigenvalue weighted by molar-refractivity contribution is 9.10. The quantitative estimate of drug-likeness (QED) is 0.489. The number of carbonyl (C=O) groups is 3. The fourth-order valence-electron chi connectivity index (χ4n) is 3.78. The monoisotopic (exact) mass is 549 g/mol. The molecular weight excluding hydrogens is 522 g/mol. The third-order valence-electron chi connectivity index (χ3n) is 5.62. The Labute approximate surface area is 208 Å². The smallest absolute Gasteiger partial charge is 0.269 e. The minimum absolute atomic E-state index is 0.00491. The van der Waals surface area contributed by atoms with Gasteiger partial charge in [0.25, 0.3) is 15.9 Å². The highest BCUT2D eigenvalue weighted by Crippen LogP contribution is 2.30. The van der Waals surface area contributed by atoms with E-state index in [0.717, 1.165) is 20.8 Å². The minimum Gasteiger partial charge on any atom is -0.354 e. The normalized spacial score (nSPS) is 15.0. The Bertz CT molecular complexity index is 1180. The van der Waals surface area contributed by atoms with E-state index in [9.17, 15) is 22.8 Å². The molecule has 2 aromatic rings. The molecular formula is C24H28BrN3O5S. The van der Waals surface area contributed by atoms with Crippen molar-refractivity contribution in [2.24, 2.45) is 0 Å². The maximum atomic E-state index is 13.2. The molecule has 1 aliphatic rings. The minimum atomic E-state index is -3.92. The summed E-state index contributed by atoms with van der Waals surface area (Å²) in [7, 11) is -3.92. The Kier molecular flexibility index (Phi) is 8.48. The SMILES string of the molecule is CCCNC(=O)[C@H](C)N(Cc1cccc(Br)c1)C(=O)CCCN1C(=O)c2ccccc2S1(=O)=O. The van der Waals surface area contributed by atoms with Gasteiger partial charge in [0.05, 0.1) is 5.56 Å². The van der Waals surface area contributed by atoms with Gasteiger partial charge in [0.2, 0.25) is 11.8 Å². The van der Waals surface area contributed by atoms with Crippen LogP contribution in [0.2, 0.25) is 0 Å². The average molecular weight is 550 g/mol. The van der Waals surface area contributed by atoms with Gasteiger partial charge in [-0.15, -0.1) is 0 Å². The fourth-order valence-corrected chi connectivity index (χ4v) is 5.83. The third kappa shape index (κ3) is 5.67. The van der Waals surface area contributed by atoms with Crippen molar-refractivity contribution in [1.29, 1.82) is 0 Å². The van der Waals surface area contributed by atoms with E-state index in [1.54, 1.807) is 19.1 Å². The van der Waals surface area contributed by atoms with Crippen LogP contribution in [0.25, 0.3) is 0 Å². The van der Waals surface area contributed by atoms with Crippen LogP contribution in [-0.2, 0) is 26.2 Å². The molecule has 0 saturated heterocycles. The third-order valence-corrected chi connectivity index (χ3v) is 7.96. The summed E-state index contributed by atoms with van der Waals surface area (Å²) in [6.07, 6.45) is 0.921. The number of sulfonamides is 1. The first-order valence-electron chi connectivity index (χ1n) is 11.1. The number of carbonyl (C=O) groups excluding carboxylic acids is 3. The summed E-state index contributed by atoms with van der Waals surface area (Å²) in [5.74, 6) is -1.13. The number of hydrogen-bond donors (Lipinski definition) is 1. The van der Waals surface area contributed by atoms with Gasteiger partial charge in [-0.3, -0.25) is 14.4 Å². The Morgan fingerprint density at radius 2 is 1.88 bits per heavy atom. The Balaban J connectivity index is 1.70. The molecule has 0 fully saturated rings. The van der Waals surface area contributed by atoms with E-state index in [1.165, 1.54) is 17.0 Å². The van der Waals surface area contributed by atoms with Gasteiger partial charge in [0, 0.05) is 30.5 Å². The molecule has 0 aliphatic carbocycles. The Hall–Kier alpha value is -2.72. The second-order valence-corrected chi connectivity index (χ2v) is 10.8. The number of nitrogens with one attached hydrogen (secondary N) is 1. The molecule has 0 aromatic heterocycles. The van der Waals surface area contributed by atoms with Gasteiger partial charge in [-0.2, -0.15) is 0 Å². The zero-order chi connectivity index (χ0) is 24.9. The number of halogens is 1. The predicted molar refractivity (Wildman–Crippen MR) is 131 cm³/mol. The van der Waals surface area contributed by atoms with Crippen molar-refractivity contribution < 1.29 is 22.8 Å². The lowest BCUT2D eigenvalue weighted by Gasteiger charge is -2.29. The van der Waals surface area contributed by atoms with Crippen LogP contribution >= 0.6 is 15.9 Å². The second-order valence-electron chi connectivity index (χ2n) is 8.10. The van der Waals surface area contributed by atoms with Gasteiger partial charge in [-0.1, -0.05) is 47.1 Å². The summed E-state index contributed by atoms with van der Waals surface area (Å²) in [6, 6.07) is 12.8. The molecule has 1 N–H and O–H groups in total. The highest BCUT2D eigenvalue weighted by atomic mass is 79.9. The molecule has 182 valence electrons. The summed E-state index contributed by atoms with van der Waals surface area (Å²) in [5.41, 5.74) is 0.997. The van der Waals surface area contributed by atoms with Crippen molar-refractivity contribution in [3.05, 3.63) is 64.1 Å². The maximum absolute atomic E-state index is 13.2. The predicted octanol–water partition coefficient (Wildman–Crippen LogP) is 3.32. The van der Waals surface area contributed by atoms with Crippen molar-refractivity contribution in [3.63, 3.8) is 0 Å². The van der Waals surface area contributed by atoms with E-state index in [1.807, 2.05) is 31.2 Å². The summed E-state index contributed by atoms with van der Waals surface area (Å²) in [6.45, 7) is 4.25. The molecule has 1 aliphatic heterocycles. The molecule has 1 heterocycles. The summed E-state index contributed by atoms with van der Waals surface area (Å²) < 4.78 is 27.1. The topological polar surface area (TPSA) is 104 Å². The summed E-state index contributed by atoms with van der Waals surface area (Å²) in [4.78, 5) is 39.8. The van der Waals surface area contributed by atoms with E-state index < -0.39 is 22.0 Å². The standard InChI is InChI=1S/C24H28BrN3O5S/c1-3-13-26-23(30)17(2)27(16-18-8-6-9-19(25)15-18)22(29)12-7-14-28-24(31)20-10-4-5-11-21(20)34(28,32)33/h4-6,8-11,15,17H,3,7,12-14,16H2,1-2H3,(H,26,30)/t17-/m0/s1. The van der Waals surface area contributed by atoms with Gasteiger partial charge in [0.15, 0.2) is 0 Å². The van der Waals surface area contributed by atoms with Crippen molar-refractivity contribution in [1.82, 2.24) is 14.5 Å². The zero-order valence-corrected chi connectivity index (χ0v) is 21.6. The molecule has 0 bridgehead atoms. The second kappa shape index (κ2) is 11.1. The number of nitrogens with zero attached hydrogens (tertiary/aromatic N) is 2. The van der Waals surface area contributed by atoms with Crippen LogP contribution in [0.15, 0.2) is 57.9 Å². The van der Waals surface area contributed by atoms with Crippen molar-refractivity contribution in [3.8, 4) is 0 Å². The van der Waals surface area contributed by atoms with Gasteiger partial charge in [0.1, 0.15) is 10.9 Å². The van der Waals surface area contributed by atoms with Crippen molar-refractivity contribution in [2.75, 3.05) is 13.1 Å². The molecule has 1 atom stereocenters. The van der Waals surface area contributed by atoms with Crippen LogP contribution in [0.1, 0.15) is 49.0 Å². The average Bonchev–Trinajstić information content (AvgIpc) is 3.01. The molecule has 3 amide bonds. The number of benzene rings is 2. The molecule has 34 heavy (non-hydrogen) atoms. The largest absolute Gasteiger partial charge is 0.354 e. The van der Waals surface area contributed by atoms with Gasteiger partial charge < -0.3 is 10.2 Å². The molecule has 2 aromatic carbocycles. The van der Waals surface area contributed by atoms with Crippen LogP contribution < -0.4 is 5.32 Å². The van der Waals surface area contributed by atoms with E-state index in [-0.39, 0.29) is 48.2 Å². The molecule has 0 radical (unpaired) electrons. The van der Waals surface area contributed by atoms with Gasteiger partial charge >= 0.3 is 0 Å². The highest BCUT2D eigenvalue weighted by Gasteiger charge is 2.40. The van der Waals surface area contributed by atoms with Gasteiger partial charge in [-0.25, -0.2) is 12.7 Å².